The highest BCUT2D eigenvalue weighted by atomic mass is 28.4. The van der Waals surface area contributed by atoms with E-state index in [2.05, 4.69) is 92.0 Å². The maximum Gasteiger partial charge on any atom is 0.192 e. The van der Waals surface area contributed by atoms with Gasteiger partial charge in [0.25, 0.3) is 0 Å². The molecule has 1 fully saturated rings. The van der Waals surface area contributed by atoms with E-state index in [4.69, 9.17) is 8.85 Å². The van der Waals surface area contributed by atoms with Crippen LogP contribution in [0.1, 0.15) is 74.9 Å². The van der Waals surface area contributed by atoms with Crippen molar-refractivity contribution >= 4 is 307 Å². The smallest absolute Gasteiger partial charge is 0.192 e. The second kappa shape index (κ2) is 8.82. The molecule has 0 amide bonds. The number of hydrogen-bond acceptors (Lipinski definition) is 3. The maximum atomic E-state index is 9.46. The van der Waals surface area contributed by atoms with E-state index in [1.165, 1.54) is 11.1 Å². The minimum absolute atomic E-state index is 0.0208. The molecule has 36 rings (SSSR count). The normalized spacial score (nSPS) is 25.0. The first-order chi connectivity index (χ1) is 42.1. The fourth-order valence-electron chi connectivity index (χ4n) is 28.2. The van der Waals surface area contributed by atoms with Gasteiger partial charge in [-0.05, 0) is 361 Å². The lowest BCUT2D eigenvalue weighted by molar-refractivity contribution is -0.138. The van der Waals surface area contributed by atoms with Crippen molar-refractivity contribution in [2.24, 2.45) is 0 Å². The molecule has 0 aromatic heterocycles. The number of hydrogen-bond donors (Lipinski definition) is 0. The van der Waals surface area contributed by atoms with Crippen molar-refractivity contribution in [3.63, 3.8) is 0 Å². The summed E-state index contributed by atoms with van der Waals surface area (Å²) in [6, 6.07) is 9.90. The first kappa shape index (κ1) is 38.3. The molecule has 3 nitrogen and oxygen atoms in total. The summed E-state index contributed by atoms with van der Waals surface area (Å²) in [5.74, 6) is 0. The topological polar surface area (TPSA) is 27.7 Å². The molecule has 7 aliphatic rings. The number of ether oxygens (including phenoxy) is 1. The van der Waals surface area contributed by atoms with Crippen LogP contribution in [0.3, 0.4) is 0 Å². The Balaban J connectivity index is 1.01. The Hall–Kier alpha value is -8.01. The van der Waals surface area contributed by atoms with E-state index in [1.54, 1.807) is 313 Å². The van der Waals surface area contributed by atoms with E-state index in [1.807, 2.05) is 0 Å². The van der Waals surface area contributed by atoms with Crippen LogP contribution in [0.15, 0.2) is 24.3 Å². The molecular weight excluding hydrogens is 1090 g/mol. The van der Waals surface area contributed by atoms with Gasteiger partial charge in [0.05, 0.1) is 24.0 Å². The Morgan fingerprint density at radius 2 is 0.414 bits per heavy atom. The largest absolute Gasteiger partial charge is 0.413 e. The van der Waals surface area contributed by atoms with Crippen LogP contribution in [0.2, 0.25) is 36.3 Å². The first-order valence-electron chi connectivity index (χ1n) is 32.9. The summed E-state index contributed by atoms with van der Waals surface area (Å²) in [5.41, 5.74) is 5.98. The van der Waals surface area contributed by atoms with Crippen LogP contribution in [0.4, 0.5) is 0 Å². The minimum Gasteiger partial charge on any atom is -0.413 e. The van der Waals surface area contributed by atoms with E-state index < -0.39 is 38.7 Å². The van der Waals surface area contributed by atoms with Gasteiger partial charge in [-0.2, -0.15) is 0 Å². The van der Waals surface area contributed by atoms with Gasteiger partial charge >= 0.3 is 0 Å². The predicted octanol–water partition coefficient (Wildman–Crippen LogP) is 22.5. The average molecular weight is 1130 g/mol. The summed E-state index contributed by atoms with van der Waals surface area (Å²) in [5, 5.41) is 87.5. The molecule has 2 spiro atoms. The monoisotopic (exact) mass is 1130 g/mol. The van der Waals surface area contributed by atoms with E-state index in [-0.39, 0.29) is 10.1 Å². The van der Waals surface area contributed by atoms with Crippen LogP contribution in [-0.2, 0) is 35.6 Å². The molecule has 1 saturated heterocycles. The van der Waals surface area contributed by atoms with Gasteiger partial charge in [0.15, 0.2) is 16.6 Å². The minimum atomic E-state index is -2.49. The third-order valence-electron chi connectivity index (χ3n) is 31.6. The van der Waals surface area contributed by atoms with Gasteiger partial charge in [-0.25, -0.2) is 0 Å². The van der Waals surface area contributed by atoms with Gasteiger partial charge in [-0.1, -0.05) is 65.8 Å². The van der Waals surface area contributed by atoms with E-state index >= 15 is 0 Å². The summed E-state index contributed by atoms with van der Waals surface area (Å²) in [7, 11) is -4.98. The lowest BCUT2D eigenvalue weighted by Gasteiger charge is -2.61. The molecule has 5 heteroatoms. The van der Waals surface area contributed by atoms with E-state index in [0.717, 1.165) is 0 Å². The highest BCUT2D eigenvalue weighted by Crippen LogP contribution is 2.92. The lowest BCUT2D eigenvalue weighted by atomic mass is 9.37. The summed E-state index contributed by atoms with van der Waals surface area (Å²) in [4.78, 5) is 0. The molecular formula is C82H38O3Si2. The Bertz CT molecular complexity index is 7500. The molecule has 0 saturated carbocycles. The molecule has 87 heavy (non-hydrogen) atoms. The molecule has 29 aromatic carbocycles. The molecule has 2 heterocycles. The van der Waals surface area contributed by atoms with Crippen molar-refractivity contribution < 1.29 is 13.6 Å². The summed E-state index contributed by atoms with van der Waals surface area (Å²) in [6.07, 6.45) is 0. The van der Waals surface area contributed by atoms with Crippen LogP contribution < -0.4 is 0 Å². The van der Waals surface area contributed by atoms with Gasteiger partial charge < -0.3 is 13.6 Å². The van der Waals surface area contributed by atoms with Gasteiger partial charge in [0, 0.05) is 0 Å². The zero-order valence-corrected chi connectivity index (χ0v) is 50.9. The lowest BCUT2D eigenvalue weighted by Crippen LogP contribution is -2.67. The second-order valence-corrected chi connectivity index (χ2v) is 44.3. The second-order valence-electron chi connectivity index (χ2n) is 34.6. The molecule has 0 radical (unpaired) electrons. The van der Waals surface area contributed by atoms with Crippen molar-refractivity contribution in [1.29, 1.82) is 0 Å². The fourth-order valence-corrected chi connectivity index (χ4v) is 30.2. The van der Waals surface area contributed by atoms with Crippen LogP contribution in [0.25, 0.3) is 291 Å². The van der Waals surface area contributed by atoms with Gasteiger partial charge in [0.1, 0.15) is 11.2 Å². The quantitative estimate of drug-likeness (QED) is 0.123. The fraction of sp³-hybridized carbons (Fsp3) is 0.220. The van der Waals surface area contributed by atoms with Crippen LogP contribution >= 0.6 is 0 Å². The number of rotatable bonds is 6. The number of benzene rings is 19. The standard InChI is InChI=1S/C82H38O3Si2/c1-77(2,3)86(7,8)83-15-79-17-13-11-12-14-18(17)80(85-79,16-84-87(9,10)78(4,5)6)82-75-67-59-49-39-31-23-20-19-21-25-27(23)35-41-33(25)43-37-29(21)30-22(19)26-28-24(20)32(31)40-46-36(28)42-34(26)44-38(30)48-47(37)57-51(43)61-55(41)63(53(59)45(35)39)71(75)69(61)73-65(57)66-58(48)52(44)62-56(42)64-54(46)60(50(40)49)68(67)76(82)72(64)70(62)74(66)81(73,79)82/h11-14H,15-16H2,1-10H3/t79-,80+,81?,82?. The van der Waals surface area contributed by atoms with Gasteiger partial charge in [-0.3, -0.25) is 0 Å². The Labute approximate surface area is 488 Å². The zero-order chi connectivity index (χ0) is 55.0. The highest BCUT2D eigenvalue weighted by Gasteiger charge is 2.91. The average Bonchev–Trinajstić information content (AvgIpc) is 1.35. The summed E-state index contributed by atoms with van der Waals surface area (Å²) >= 11 is 0. The van der Waals surface area contributed by atoms with Crippen LogP contribution in [-0.4, -0.2) is 29.8 Å². The molecule has 0 N–H and O–H groups in total. The van der Waals surface area contributed by atoms with Crippen molar-refractivity contribution in [1.82, 2.24) is 0 Å². The third-order valence-corrected chi connectivity index (χ3v) is 40.5. The summed E-state index contributed by atoms with van der Waals surface area (Å²) in [6.45, 7) is 25.8. The van der Waals surface area contributed by atoms with Crippen molar-refractivity contribution in [3.05, 3.63) is 57.6 Å². The van der Waals surface area contributed by atoms with Crippen molar-refractivity contribution in [2.75, 3.05) is 13.2 Å². The molecule has 29 aromatic rings. The Morgan fingerprint density at radius 1 is 0.264 bits per heavy atom. The van der Waals surface area contributed by atoms with Crippen LogP contribution in [0.5, 0.6) is 0 Å². The van der Waals surface area contributed by atoms with Crippen molar-refractivity contribution in [3.8, 4) is 0 Å². The van der Waals surface area contributed by atoms with Crippen LogP contribution in [0, 0.1) is 0 Å². The third kappa shape index (κ3) is 2.28. The molecule has 5 aliphatic carbocycles. The maximum absolute atomic E-state index is 9.46. The zero-order valence-electron chi connectivity index (χ0n) is 48.9. The Morgan fingerprint density at radius 3 is 0.563 bits per heavy atom. The predicted molar refractivity (Wildman–Crippen MR) is 371 cm³/mol. The highest BCUT2D eigenvalue weighted by molar-refractivity contribution is 6.83. The molecule has 2 bridgehead atoms. The SMILES string of the molecule is CC(C)(C)[Si](C)(C)OC[C@]12O[C@](CO[Si](C)(C)C(C)(C)C)(c3ccccc31)C13c4c5c6c7c8c9c(c%10c%11c1c1c4c4c%12c5c5c6c6c8c8c%13c9c9c%10c%10c%11c%11c1c1c4c4c%12c%12c5c5c6c8c6c8c%13c9c9c%10c%10c%11c1c1c4c4c%12c5c6c5c8c9c%10c1c45)C732. The molecule has 2 aliphatic heterocycles. The summed E-state index contributed by atoms with van der Waals surface area (Å²) < 4.78 is 26.1. The molecule has 0 unspecified atom stereocenters. The van der Waals surface area contributed by atoms with Gasteiger partial charge in [-0.15, -0.1) is 0 Å². The van der Waals surface area contributed by atoms with Crippen molar-refractivity contribution in [2.45, 2.75) is 99.8 Å². The van der Waals surface area contributed by atoms with E-state index in [0.29, 0.717) is 13.2 Å². The first-order valence-corrected chi connectivity index (χ1v) is 38.7. The molecule has 2 atom stereocenters. The van der Waals surface area contributed by atoms with Gasteiger partial charge in [0.2, 0.25) is 0 Å². The van der Waals surface area contributed by atoms with E-state index in [9.17, 15) is 4.74 Å². The molecule has 392 valence electrons. The Kier molecular flexibility index (Phi) is 3.88.